The van der Waals surface area contributed by atoms with E-state index < -0.39 is 0 Å². The molecule has 0 aliphatic rings. The van der Waals surface area contributed by atoms with Gasteiger partial charge in [0, 0.05) is 34.9 Å². The number of hydrogen-bond donors (Lipinski definition) is 1. The van der Waals surface area contributed by atoms with E-state index in [4.69, 9.17) is 16.3 Å². The number of aromatic nitrogens is 2. The predicted molar refractivity (Wildman–Crippen MR) is 108 cm³/mol. The molecule has 1 aromatic carbocycles. The summed E-state index contributed by atoms with van der Waals surface area (Å²) in [5.41, 5.74) is 2.05. The highest BCUT2D eigenvalue weighted by atomic mass is 35.5. The van der Waals surface area contributed by atoms with Gasteiger partial charge in [-0.3, -0.25) is 9.78 Å². The second kappa shape index (κ2) is 8.50. The Morgan fingerprint density at radius 1 is 1.22 bits per heavy atom. The number of halogens is 1. The summed E-state index contributed by atoms with van der Waals surface area (Å²) in [6, 6.07) is 9.00. The van der Waals surface area contributed by atoms with Gasteiger partial charge in [-0.1, -0.05) is 23.7 Å². The first-order chi connectivity index (χ1) is 12.9. The smallest absolute Gasteiger partial charge is 0.270 e. The van der Waals surface area contributed by atoms with E-state index in [1.54, 1.807) is 35.7 Å². The Balaban J connectivity index is 1.80. The molecule has 5 nitrogen and oxygen atoms in total. The number of pyridine rings is 1. The predicted octanol–water partition coefficient (Wildman–Crippen LogP) is 4.88. The van der Waals surface area contributed by atoms with E-state index in [0.29, 0.717) is 23.0 Å². The van der Waals surface area contributed by atoms with Crippen LogP contribution < -0.4 is 10.1 Å². The van der Waals surface area contributed by atoms with Gasteiger partial charge in [0.05, 0.1) is 11.7 Å². The molecule has 0 radical (unpaired) electrons. The van der Waals surface area contributed by atoms with Gasteiger partial charge >= 0.3 is 0 Å². The molecule has 0 unspecified atom stereocenters. The Hall–Kier alpha value is -2.44. The van der Waals surface area contributed by atoms with Gasteiger partial charge in [0.2, 0.25) is 0 Å². The van der Waals surface area contributed by atoms with Crippen LogP contribution in [-0.2, 0) is 6.54 Å². The first kappa shape index (κ1) is 19.3. The fourth-order valence-corrected chi connectivity index (χ4v) is 3.33. The zero-order valence-electron chi connectivity index (χ0n) is 15.3. The van der Waals surface area contributed by atoms with Gasteiger partial charge in [-0.05, 0) is 38.5 Å². The van der Waals surface area contributed by atoms with Crippen molar-refractivity contribution in [3.63, 3.8) is 0 Å². The minimum atomic E-state index is -0.263. The monoisotopic (exact) mass is 401 g/mol. The average Bonchev–Trinajstić information content (AvgIpc) is 3.06. The molecule has 0 spiro atoms. The zero-order chi connectivity index (χ0) is 19.4. The molecule has 27 heavy (non-hydrogen) atoms. The number of benzene rings is 1. The lowest BCUT2D eigenvalue weighted by molar-refractivity contribution is 0.0945. The standard InChI is InChI=1S/C20H20ClN3O2S/c1-12(2)26-18-8-17(22-11-16(18)20-24-9-13(3)27-20)19(25)23-10-14-4-6-15(21)7-5-14/h4-9,11-12H,10H2,1-3H3,(H,23,25). The van der Waals surface area contributed by atoms with Crippen molar-refractivity contribution in [3.05, 3.63) is 63.9 Å². The largest absolute Gasteiger partial charge is 0.490 e. The van der Waals surface area contributed by atoms with Gasteiger partial charge in [-0.25, -0.2) is 4.98 Å². The van der Waals surface area contributed by atoms with E-state index in [1.165, 1.54) is 0 Å². The molecule has 0 fully saturated rings. The number of hydrogen-bond acceptors (Lipinski definition) is 5. The summed E-state index contributed by atoms with van der Waals surface area (Å²) in [5, 5.41) is 4.35. The van der Waals surface area contributed by atoms with Gasteiger partial charge in [0.15, 0.2) is 0 Å². The number of ether oxygens (including phenoxy) is 1. The molecule has 0 aliphatic heterocycles. The van der Waals surface area contributed by atoms with E-state index in [9.17, 15) is 4.79 Å². The molecular formula is C20H20ClN3O2S. The van der Waals surface area contributed by atoms with Crippen LogP contribution in [0.25, 0.3) is 10.6 Å². The number of aryl methyl sites for hydroxylation is 1. The Morgan fingerprint density at radius 2 is 1.96 bits per heavy atom. The fourth-order valence-electron chi connectivity index (χ4n) is 2.43. The third-order valence-corrected chi connectivity index (χ3v) is 4.88. The van der Waals surface area contributed by atoms with Crippen LogP contribution in [0.2, 0.25) is 5.02 Å². The van der Waals surface area contributed by atoms with Crippen LogP contribution in [0.3, 0.4) is 0 Å². The molecule has 0 saturated carbocycles. The van der Waals surface area contributed by atoms with Crippen LogP contribution in [0.1, 0.15) is 34.8 Å². The molecule has 1 amide bonds. The topological polar surface area (TPSA) is 64.1 Å². The number of carbonyl (C=O) groups is 1. The summed E-state index contributed by atoms with van der Waals surface area (Å²) in [6.45, 7) is 6.27. The van der Waals surface area contributed by atoms with Crippen molar-refractivity contribution < 1.29 is 9.53 Å². The lowest BCUT2D eigenvalue weighted by Crippen LogP contribution is -2.24. The average molecular weight is 402 g/mol. The van der Waals surface area contributed by atoms with Crippen LogP contribution in [0, 0.1) is 6.92 Å². The summed E-state index contributed by atoms with van der Waals surface area (Å²) < 4.78 is 5.91. The van der Waals surface area contributed by atoms with Crippen molar-refractivity contribution >= 4 is 28.8 Å². The fraction of sp³-hybridized carbons (Fsp3) is 0.250. The van der Waals surface area contributed by atoms with E-state index >= 15 is 0 Å². The summed E-state index contributed by atoms with van der Waals surface area (Å²) in [7, 11) is 0. The minimum Gasteiger partial charge on any atom is -0.490 e. The number of rotatable bonds is 6. The van der Waals surface area contributed by atoms with Crippen molar-refractivity contribution in [1.82, 2.24) is 15.3 Å². The normalized spacial score (nSPS) is 10.9. The molecule has 2 aromatic heterocycles. The van der Waals surface area contributed by atoms with Crippen LogP contribution in [-0.4, -0.2) is 22.0 Å². The lowest BCUT2D eigenvalue weighted by atomic mass is 10.2. The summed E-state index contributed by atoms with van der Waals surface area (Å²) in [5.74, 6) is 0.339. The molecular weight excluding hydrogens is 382 g/mol. The van der Waals surface area contributed by atoms with Gasteiger partial charge in [0.1, 0.15) is 16.5 Å². The highest BCUT2D eigenvalue weighted by Gasteiger charge is 2.16. The SMILES string of the molecule is Cc1cnc(-c2cnc(C(=O)NCc3ccc(Cl)cc3)cc2OC(C)C)s1. The minimum absolute atomic E-state index is 0.0304. The van der Waals surface area contributed by atoms with Gasteiger partial charge in [0.25, 0.3) is 5.91 Å². The summed E-state index contributed by atoms with van der Waals surface area (Å²) in [4.78, 5) is 22.3. The summed E-state index contributed by atoms with van der Waals surface area (Å²) in [6.07, 6.45) is 3.43. The molecule has 1 N–H and O–H groups in total. The quantitative estimate of drug-likeness (QED) is 0.639. The van der Waals surface area contributed by atoms with Crippen LogP contribution in [0.4, 0.5) is 0 Å². The molecule has 3 aromatic rings. The molecule has 140 valence electrons. The molecule has 7 heteroatoms. The number of amides is 1. The third-order valence-electron chi connectivity index (χ3n) is 3.68. The van der Waals surface area contributed by atoms with Crippen LogP contribution in [0.5, 0.6) is 5.75 Å². The number of thiazole rings is 1. The second-order valence-corrected chi connectivity index (χ2v) is 7.99. The van der Waals surface area contributed by atoms with E-state index in [1.807, 2.05) is 39.1 Å². The van der Waals surface area contributed by atoms with E-state index in [0.717, 1.165) is 21.0 Å². The lowest BCUT2D eigenvalue weighted by Gasteiger charge is -2.14. The molecule has 0 aliphatic carbocycles. The maximum atomic E-state index is 12.5. The molecule has 0 atom stereocenters. The first-order valence-corrected chi connectivity index (χ1v) is 9.74. The Kier molecular flexibility index (Phi) is 6.08. The molecule has 0 saturated heterocycles. The molecule has 3 rings (SSSR count). The van der Waals surface area contributed by atoms with Crippen LogP contribution >= 0.6 is 22.9 Å². The number of nitrogens with zero attached hydrogens (tertiary/aromatic N) is 2. The van der Waals surface area contributed by atoms with Gasteiger partial charge in [-0.15, -0.1) is 11.3 Å². The number of carbonyl (C=O) groups excluding carboxylic acids is 1. The van der Waals surface area contributed by atoms with Crippen molar-refractivity contribution in [2.24, 2.45) is 0 Å². The first-order valence-electron chi connectivity index (χ1n) is 8.54. The van der Waals surface area contributed by atoms with Gasteiger partial charge < -0.3 is 10.1 Å². The molecule has 2 heterocycles. The van der Waals surface area contributed by atoms with Gasteiger partial charge in [-0.2, -0.15) is 0 Å². The van der Waals surface area contributed by atoms with Crippen molar-refractivity contribution in [1.29, 1.82) is 0 Å². The Bertz CT molecular complexity index is 939. The van der Waals surface area contributed by atoms with Crippen molar-refractivity contribution in [3.8, 4) is 16.3 Å². The maximum absolute atomic E-state index is 12.5. The van der Waals surface area contributed by atoms with E-state index in [-0.39, 0.29) is 12.0 Å². The highest BCUT2D eigenvalue weighted by molar-refractivity contribution is 7.15. The van der Waals surface area contributed by atoms with Crippen LogP contribution in [0.15, 0.2) is 42.7 Å². The van der Waals surface area contributed by atoms with E-state index in [2.05, 4.69) is 15.3 Å². The van der Waals surface area contributed by atoms with Crippen molar-refractivity contribution in [2.45, 2.75) is 33.4 Å². The zero-order valence-corrected chi connectivity index (χ0v) is 16.9. The third kappa shape index (κ3) is 5.05. The maximum Gasteiger partial charge on any atom is 0.270 e. The Morgan fingerprint density at radius 3 is 2.59 bits per heavy atom. The van der Waals surface area contributed by atoms with Crippen molar-refractivity contribution in [2.75, 3.05) is 0 Å². The summed E-state index contributed by atoms with van der Waals surface area (Å²) >= 11 is 7.44. The number of nitrogens with one attached hydrogen (secondary N) is 1. The molecule has 0 bridgehead atoms. The highest BCUT2D eigenvalue weighted by Crippen LogP contribution is 2.33. The second-order valence-electron chi connectivity index (χ2n) is 6.32. The Labute approximate surface area is 167 Å².